The molecular formula is C41H65N5O6S. The Labute approximate surface area is 321 Å². The van der Waals surface area contributed by atoms with Gasteiger partial charge < -0.3 is 30.7 Å². The lowest BCUT2D eigenvalue weighted by molar-refractivity contribution is -0.144. The average molecular weight is 756 g/mol. The summed E-state index contributed by atoms with van der Waals surface area (Å²) in [6.07, 6.45) is 11.3. The van der Waals surface area contributed by atoms with E-state index in [1.54, 1.807) is 11.3 Å². The zero-order valence-electron chi connectivity index (χ0n) is 33.2. The van der Waals surface area contributed by atoms with Crippen LogP contribution in [0.5, 0.6) is 0 Å². The number of aromatic nitrogens is 1. The number of aryl methyl sites for hydroxylation is 1. The van der Waals surface area contributed by atoms with Crippen molar-refractivity contribution in [2.24, 2.45) is 5.41 Å². The second-order valence-electron chi connectivity index (χ2n) is 16.5. The first-order chi connectivity index (χ1) is 25.0. The molecule has 0 bridgehead atoms. The molecule has 1 saturated heterocycles. The SMILES string of the molecule is Cc1ncsc1-c1ccc(CNC(=O)C2CC(O)CN2C(=O)C(NC(=O)CCCCCCCCCCCCCNC(=O)OC(C)(C)C)C(C)(C)C)cc1. The molecular weight excluding hydrogens is 691 g/mol. The van der Waals surface area contributed by atoms with Gasteiger partial charge in [-0.25, -0.2) is 9.78 Å². The van der Waals surface area contributed by atoms with Crippen LogP contribution in [-0.2, 0) is 25.7 Å². The van der Waals surface area contributed by atoms with Gasteiger partial charge in [0.15, 0.2) is 0 Å². The van der Waals surface area contributed by atoms with Crippen molar-refractivity contribution in [2.75, 3.05) is 13.1 Å². The van der Waals surface area contributed by atoms with Gasteiger partial charge in [0.05, 0.1) is 22.2 Å². The van der Waals surface area contributed by atoms with Gasteiger partial charge in [0.1, 0.15) is 17.7 Å². The molecule has 3 rings (SSSR count). The van der Waals surface area contributed by atoms with Crippen molar-refractivity contribution in [2.45, 2.75) is 162 Å². The number of aliphatic hydroxyl groups is 1. The average Bonchev–Trinajstić information content (AvgIpc) is 3.70. The van der Waals surface area contributed by atoms with E-state index in [0.717, 1.165) is 60.2 Å². The molecule has 4 amide bonds. The van der Waals surface area contributed by atoms with E-state index in [-0.39, 0.29) is 36.8 Å². The molecule has 0 aliphatic carbocycles. The topological polar surface area (TPSA) is 150 Å². The van der Waals surface area contributed by atoms with Gasteiger partial charge in [0.25, 0.3) is 0 Å². The highest BCUT2D eigenvalue weighted by Crippen LogP contribution is 2.28. The molecule has 1 aliphatic rings. The number of amides is 4. The number of alkyl carbamates (subject to hydrolysis) is 1. The van der Waals surface area contributed by atoms with Crippen molar-refractivity contribution in [3.63, 3.8) is 0 Å². The summed E-state index contributed by atoms with van der Waals surface area (Å²) in [6.45, 7) is 14.3. The molecule has 296 valence electrons. The summed E-state index contributed by atoms with van der Waals surface area (Å²) in [5.74, 6) is -0.831. The van der Waals surface area contributed by atoms with Crippen molar-refractivity contribution in [3.8, 4) is 10.4 Å². The summed E-state index contributed by atoms with van der Waals surface area (Å²) in [4.78, 5) is 58.8. The number of β-amino-alcohol motifs (C(OH)–C–C–N with tert-alkyl or cyclic N) is 1. The third kappa shape index (κ3) is 15.8. The fourth-order valence-corrected chi connectivity index (χ4v) is 7.33. The van der Waals surface area contributed by atoms with Crippen molar-refractivity contribution >= 4 is 35.2 Å². The standard InChI is InChI=1S/C41H65N5O6S/c1-29-35(53-28-44-29)31-22-20-30(21-23-31)26-43-37(49)33-25-32(47)27-46(33)38(50)36(40(2,3)4)45-34(48)19-17-15-13-11-9-8-10-12-14-16-18-24-42-39(51)52-41(5,6)7/h20-23,28,32-33,36,47H,8-19,24-27H2,1-7H3,(H,42,51)(H,43,49)(H,45,48). The minimum atomic E-state index is -0.820. The number of likely N-dealkylation sites (tertiary alicyclic amines) is 1. The van der Waals surface area contributed by atoms with Gasteiger partial charge >= 0.3 is 6.09 Å². The van der Waals surface area contributed by atoms with Crippen molar-refractivity contribution in [3.05, 3.63) is 41.0 Å². The highest BCUT2D eigenvalue weighted by molar-refractivity contribution is 7.13. The molecule has 2 heterocycles. The molecule has 12 heteroatoms. The number of carbonyl (C=O) groups excluding carboxylic acids is 4. The molecule has 1 aromatic carbocycles. The summed E-state index contributed by atoms with van der Waals surface area (Å²) in [6, 6.07) is 6.32. The Morgan fingerprint density at radius 1 is 0.887 bits per heavy atom. The lowest BCUT2D eigenvalue weighted by Gasteiger charge is -2.35. The number of hydrogen-bond acceptors (Lipinski definition) is 8. The van der Waals surface area contributed by atoms with Gasteiger partial charge in [-0.05, 0) is 57.1 Å². The molecule has 53 heavy (non-hydrogen) atoms. The predicted molar refractivity (Wildman–Crippen MR) is 211 cm³/mol. The van der Waals surface area contributed by atoms with Crippen LogP contribution >= 0.6 is 11.3 Å². The first kappa shape index (κ1) is 43.9. The fourth-order valence-electron chi connectivity index (χ4n) is 6.52. The first-order valence-corrected chi connectivity index (χ1v) is 20.4. The highest BCUT2D eigenvalue weighted by Gasteiger charge is 2.44. The maximum absolute atomic E-state index is 13.9. The first-order valence-electron chi connectivity index (χ1n) is 19.6. The number of ether oxygens (including phenoxy) is 1. The number of nitrogens with one attached hydrogen (secondary N) is 3. The van der Waals surface area contributed by atoms with E-state index in [2.05, 4.69) is 20.9 Å². The van der Waals surface area contributed by atoms with Gasteiger partial charge in [-0.15, -0.1) is 11.3 Å². The van der Waals surface area contributed by atoms with E-state index < -0.39 is 29.2 Å². The molecule has 1 aliphatic heterocycles. The Morgan fingerprint density at radius 2 is 1.47 bits per heavy atom. The van der Waals surface area contributed by atoms with Crippen LogP contribution in [0.4, 0.5) is 4.79 Å². The zero-order chi connectivity index (χ0) is 39.0. The van der Waals surface area contributed by atoms with Crippen molar-refractivity contribution in [1.82, 2.24) is 25.8 Å². The van der Waals surface area contributed by atoms with Gasteiger partial charge in [-0.2, -0.15) is 0 Å². The Kier molecular flexibility index (Phi) is 17.7. The molecule has 0 saturated carbocycles. The largest absolute Gasteiger partial charge is 0.444 e. The third-order valence-corrected chi connectivity index (χ3v) is 10.4. The Morgan fingerprint density at radius 3 is 2.02 bits per heavy atom. The highest BCUT2D eigenvalue weighted by atomic mass is 32.1. The second-order valence-corrected chi connectivity index (χ2v) is 17.4. The Balaban J connectivity index is 1.32. The lowest BCUT2D eigenvalue weighted by atomic mass is 9.85. The summed E-state index contributed by atoms with van der Waals surface area (Å²) < 4.78 is 5.25. The van der Waals surface area contributed by atoms with E-state index in [1.807, 2.05) is 78.2 Å². The van der Waals surface area contributed by atoms with Crippen LogP contribution in [0.25, 0.3) is 10.4 Å². The number of nitrogens with zero attached hydrogens (tertiary/aromatic N) is 2. The van der Waals surface area contributed by atoms with Crippen LogP contribution in [0.15, 0.2) is 29.8 Å². The van der Waals surface area contributed by atoms with Gasteiger partial charge in [0.2, 0.25) is 17.7 Å². The summed E-state index contributed by atoms with van der Waals surface area (Å²) in [5.41, 5.74) is 3.75. The number of hydrogen-bond donors (Lipinski definition) is 4. The third-order valence-electron chi connectivity index (χ3n) is 9.46. The normalized spacial score (nSPS) is 16.6. The van der Waals surface area contributed by atoms with Gasteiger partial charge in [-0.3, -0.25) is 14.4 Å². The van der Waals surface area contributed by atoms with Gasteiger partial charge in [-0.1, -0.05) is 103 Å². The zero-order valence-corrected chi connectivity index (χ0v) is 34.0. The minimum absolute atomic E-state index is 0.0512. The van der Waals surface area contributed by atoms with E-state index >= 15 is 0 Å². The summed E-state index contributed by atoms with van der Waals surface area (Å²) in [7, 11) is 0. The molecule has 3 atom stereocenters. The number of aliphatic hydroxyl groups excluding tert-OH is 1. The lowest BCUT2D eigenvalue weighted by Crippen LogP contribution is -2.57. The van der Waals surface area contributed by atoms with Crippen LogP contribution in [0.3, 0.4) is 0 Å². The fraction of sp³-hybridized carbons (Fsp3) is 0.683. The molecule has 1 aromatic heterocycles. The van der Waals surface area contributed by atoms with E-state index in [4.69, 9.17) is 4.74 Å². The van der Waals surface area contributed by atoms with Gasteiger partial charge in [0, 0.05) is 32.5 Å². The molecule has 0 spiro atoms. The van der Waals surface area contributed by atoms with E-state index in [9.17, 15) is 24.3 Å². The molecule has 3 unspecified atom stereocenters. The summed E-state index contributed by atoms with van der Waals surface area (Å²) >= 11 is 1.59. The van der Waals surface area contributed by atoms with Crippen molar-refractivity contribution < 1.29 is 29.0 Å². The van der Waals surface area contributed by atoms with Crippen molar-refractivity contribution in [1.29, 1.82) is 0 Å². The quantitative estimate of drug-likeness (QED) is 0.103. The van der Waals surface area contributed by atoms with Crippen LogP contribution < -0.4 is 16.0 Å². The molecule has 11 nitrogen and oxygen atoms in total. The Hall–Kier alpha value is -3.51. The van der Waals surface area contributed by atoms with Crippen LogP contribution in [0.2, 0.25) is 0 Å². The molecule has 0 radical (unpaired) electrons. The van der Waals surface area contributed by atoms with Crippen LogP contribution in [-0.4, -0.2) is 75.7 Å². The maximum Gasteiger partial charge on any atom is 0.407 e. The number of unbranched alkanes of at least 4 members (excludes halogenated alkanes) is 10. The molecule has 2 aromatic rings. The number of thiazole rings is 1. The van der Waals surface area contributed by atoms with E-state index in [1.165, 1.54) is 37.0 Å². The number of carbonyl (C=O) groups is 4. The molecule has 4 N–H and O–H groups in total. The monoisotopic (exact) mass is 755 g/mol. The van der Waals surface area contributed by atoms with Crippen LogP contribution in [0, 0.1) is 12.3 Å². The van der Waals surface area contributed by atoms with Crippen LogP contribution in [0.1, 0.15) is 136 Å². The number of rotatable bonds is 20. The Bertz CT molecular complexity index is 1450. The predicted octanol–water partition coefficient (Wildman–Crippen LogP) is 7.43. The number of benzene rings is 1. The minimum Gasteiger partial charge on any atom is -0.444 e. The maximum atomic E-state index is 13.9. The second kappa shape index (κ2) is 21.4. The van der Waals surface area contributed by atoms with E-state index in [0.29, 0.717) is 19.5 Å². The molecule has 1 fully saturated rings. The smallest absolute Gasteiger partial charge is 0.407 e. The summed E-state index contributed by atoms with van der Waals surface area (Å²) in [5, 5.41) is 19.2.